The van der Waals surface area contributed by atoms with Crippen molar-refractivity contribution in [2.75, 3.05) is 5.32 Å². The van der Waals surface area contributed by atoms with E-state index in [2.05, 4.69) is 43.3 Å². The van der Waals surface area contributed by atoms with Gasteiger partial charge in [0.1, 0.15) is 5.82 Å². The highest BCUT2D eigenvalue weighted by Crippen LogP contribution is 2.20. The number of carbonyl (C=O) groups is 1. The fourth-order valence-electron chi connectivity index (χ4n) is 3.29. The van der Waals surface area contributed by atoms with E-state index < -0.39 is 0 Å². The van der Waals surface area contributed by atoms with Crippen LogP contribution in [0.4, 0.5) is 5.13 Å². The van der Waals surface area contributed by atoms with E-state index in [9.17, 15) is 4.79 Å². The number of allylic oxidation sites excluding steroid dienone is 1. The average molecular weight is 467 g/mol. The molecule has 2 N–H and O–H groups in total. The fraction of sp³-hybridized carbons (Fsp3) is 0.238. The Morgan fingerprint density at radius 3 is 2.88 bits per heavy atom. The van der Waals surface area contributed by atoms with Gasteiger partial charge in [0.15, 0.2) is 15.6 Å². The van der Waals surface area contributed by atoms with Gasteiger partial charge in [-0.15, -0.1) is 23.0 Å². The lowest BCUT2D eigenvalue weighted by Crippen LogP contribution is -2.14. The summed E-state index contributed by atoms with van der Waals surface area (Å²) in [6.07, 6.45) is 2.24. The Labute approximate surface area is 193 Å². The van der Waals surface area contributed by atoms with Gasteiger partial charge in [-0.1, -0.05) is 23.8 Å². The predicted octanol–water partition coefficient (Wildman–Crippen LogP) is 3.93. The van der Waals surface area contributed by atoms with Gasteiger partial charge in [0.2, 0.25) is 0 Å². The number of benzene rings is 1. The number of aromatic nitrogens is 7. The van der Waals surface area contributed by atoms with E-state index in [0.717, 1.165) is 28.3 Å². The van der Waals surface area contributed by atoms with Crippen molar-refractivity contribution in [3.05, 3.63) is 75.0 Å². The summed E-state index contributed by atoms with van der Waals surface area (Å²) in [6.45, 7) is 10.1. The molecule has 0 aliphatic heterocycles. The number of rotatable bonds is 7. The molecule has 0 radical (unpaired) electrons. The molecule has 0 saturated heterocycles. The molecule has 0 atom stereocenters. The first-order valence-electron chi connectivity index (χ1n) is 9.88. The predicted molar refractivity (Wildman–Crippen MR) is 126 cm³/mol. The minimum absolute atomic E-state index is 0.258. The second-order valence-electron chi connectivity index (χ2n) is 7.33. The Morgan fingerprint density at radius 1 is 1.31 bits per heavy atom. The fourth-order valence-corrected chi connectivity index (χ4v) is 4.22. The van der Waals surface area contributed by atoms with Crippen LogP contribution < -0.4 is 5.32 Å². The van der Waals surface area contributed by atoms with E-state index in [-0.39, 0.29) is 11.6 Å². The molecule has 1 amide bonds. The number of hydrogen-bond acceptors (Lipinski definition) is 7. The zero-order valence-corrected chi connectivity index (χ0v) is 19.5. The van der Waals surface area contributed by atoms with Gasteiger partial charge >= 0.3 is 0 Å². The molecular weight excluding hydrogens is 444 g/mol. The smallest absolute Gasteiger partial charge is 0.279 e. The molecule has 4 rings (SSSR count). The third kappa shape index (κ3) is 4.43. The van der Waals surface area contributed by atoms with E-state index >= 15 is 0 Å². The normalized spacial score (nSPS) is 11.0. The number of aromatic amines is 1. The van der Waals surface area contributed by atoms with Crippen LogP contribution in [0, 0.1) is 25.5 Å². The van der Waals surface area contributed by atoms with Crippen LogP contribution in [-0.2, 0) is 13.0 Å². The monoisotopic (exact) mass is 466 g/mol. The zero-order chi connectivity index (χ0) is 22.8. The number of thiazole rings is 1. The van der Waals surface area contributed by atoms with Crippen LogP contribution >= 0.6 is 23.6 Å². The summed E-state index contributed by atoms with van der Waals surface area (Å²) >= 11 is 6.58. The molecule has 9 nitrogen and oxygen atoms in total. The van der Waals surface area contributed by atoms with Crippen molar-refractivity contribution < 1.29 is 4.79 Å². The Bertz CT molecular complexity index is 1360. The Hall–Kier alpha value is -3.44. The van der Waals surface area contributed by atoms with E-state index in [1.54, 1.807) is 13.0 Å². The molecule has 3 heterocycles. The highest BCUT2D eigenvalue weighted by Gasteiger charge is 2.19. The first kappa shape index (κ1) is 21.8. The largest absolute Gasteiger partial charge is 0.300 e. The average Bonchev–Trinajstić information content (AvgIpc) is 3.43. The number of anilines is 1. The standard InChI is InChI=1S/C21H22N8OS2/c1-5-8-28-17(24-25-21(28)31)10-15-11-32-20(22-15)23-19(30)18-14(4)26-29(27-18)16-7-6-12(2)9-13(16)3/h5-7,9,11H,1,8,10H2,2-4H3,(H,25,31)(H,22,23,30). The minimum Gasteiger partial charge on any atom is -0.300 e. The molecule has 0 spiro atoms. The third-order valence-electron chi connectivity index (χ3n) is 4.83. The van der Waals surface area contributed by atoms with Crippen molar-refractivity contribution in [3.63, 3.8) is 0 Å². The number of aryl methyl sites for hydroxylation is 3. The van der Waals surface area contributed by atoms with Gasteiger partial charge in [-0.25, -0.2) is 4.98 Å². The summed E-state index contributed by atoms with van der Waals surface area (Å²) in [5.74, 6) is 0.402. The first-order valence-corrected chi connectivity index (χ1v) is 11.2. The van der Waals surface area contributed by atoms with Crippen LogP contribution in [0.1, 0.15) is 38.8 Å². The highest BCUT2D eigenvalue weighted by atomic mass is 32.1. The molecule has 0 saturated carbocycles. The molecule has 32 heavy (non-hydrogen) atoms. The number of amides is 1. The van der Waals surface area contributed by atoms with Crippen molar-refractivity contribution in [1.29, 1.82) is 0 Å². The van der Waals surface area contributed by atoms with Crippen molar-refractivity contribution in [2.45, 2.75) is 33.7 Å². The zero-order valence-electron chi connectivity index (χ0n) is 17.9. The molecule has 0 fully saturated rings. The molecule has 1 aromatic carbocycles. The van der Waals surface area contributed by atoms with Gasteiger partial charge in [-0.05, 0) is 44.6 Å². The molecule has 0 aliphatic carbocycles. The SMILES string of the molecule is C=CCn1c(Cc2csc(NC(=O)c3nn(-c4ccc(C)cc4C)nc3C)n2)n[nH]c1=S. The number of H-pyrrole nitrogens is 1. The topological polar surface area (TPSA) is 106 Å². The van der Waals surface area contributed by atoms with Crippen LogP contribution in [0.5, 0.6) is 0 Å². The van der Waals surface area contributed by atoms with Crippen molar-refractivity contribution in [3.8, 4) is 5.69 Å². The van der Waals surface area contributed by atoms with Crippen LogP contribution in [-0.4, -0.2) is 40.6 Å². The van der Waals surface area contributed by atoms with E-state index in [1.165, 1.54) is 16.1 Å². The molecule has 0 unspecified atom stereocenters. The molecule has 11 heteroatoms. The van der Waals surface area contributed by atoms with Crippen LogP contribution in [0.25, 0.3) is 5.69 Å². The van der Waals surface area contributed by atoms with Gasteiger partial charge in [0.05, 0.1) is 23.5 Å². The van der Waals surface area contributed by atoms with Gasteiger partial charge < -0.3 is 0 Å². The van der Waals surface area contributed by atoms with Crippen LogP contribution in [0.3, 0.4) is 0 Å². The molecule has 4 aromatic rings. The minimum atomic E-state index is -0.353. The Kier molecular flexibility index (Phi) is 6.10. The van der Waals surface area contributed by atoms with Gasteiger partial charge in [0.25, 0.3) is 5.91 Å². The Morgan fingerprint density at radius 2 is 2.12 bits per heavy atom. The highest BCUT2D eigenvalue weighted by molar-refractivity contribution is 7.71. The molecule has 0 bridgehead atoms. The number of nitrogens with one attached hydrogen (secondary N) is 2. The third-order valence-corrected chi connectivity index (χ3v) is 5.94. The lowest BCUT2D eigenvalue weighted by atomic mass is 10.1. The summed E-state index contributed by atoms with van der Waals surface area (Å²) < 4.78 is 2.39. The van der Waals surface area contributed by atoms with Crippen LogP contribution in [0.15, 0.2) is 36.2 Å². The van der Waals surface area contributed by atoms with E-state index in [4.69, 9.17) is 12.2 Å². The van der Waals surface area contributed by atoms with Crippen molar-refractivity contribution in [2.24, 2.45) is 0 Å². The second kappa shape index (κ2) is 8.97. The summed E-state index contributed by atoms with van der Waals surface area (Å²) in [5, 5.41) is 21.1. The summed E-state index contributed by atoms with van der Waals surface area (Å²) in [4.78, 5) is 18.8. The Balaban J connectivity index is 1.50. The molecule has 164 valence electrons. The molecule has 0 aliphatic rings. The molecule has 3 aromatic heterocycles. The lowest BCUT2D eigenvalue weighted by Gasteiger charge is -2.04. The summed E-state index contributed by atoms with van der Waals surface area (Å²) in [7, 11) is 0. The maximum atomic E-state index is 12.8. The van der Waals surface area contributed by atoms with Gasteiger partial charge in [-0.2, -0.15) is 15.0 Å². The van der Waals surface area contributed by atoms with Gasteiger partial charge in [-0.3, -0.25) is 19.8 Å². The summed E-state index contributed by atoms with van der Waals surface area (Å²) in [6, 6.07) is 5.99. The van der Waals surface area contributed by atoms with E-state index in [1.807, 2.05) is 35.9 Å². The lowest BCUT2D eigenvalue weighted by molar-refractivity contribution is 0.102. The van der Waals surface area contributed by atoms with Gasteiger partial charge in [0, 0.05) is 11.9 Å². The number of hydrogen-bond donors (Lipinski definition) is 2. The first-order chi connectivity index (χ1) is 15.4. The number of carbonyl (C=O) groups excluding carboxylic acids is 1. The maximum absolute atomic E-state index is 12.8. The second-order valence-corrected chi connectivity index (χ2v) is 8.58. The number of nitrogens with zero attached hydrogens (tertiary/aromatic N) is 6. The quantitative estimate of drug-likeness (QED) is 0.316. The summed E-state index contributed by atoms with van der Waals surface area (Å²) in [5.41, 5.74) is 4.60. The van der Waals surface area contributed by atoms with Crippen LogP contribution in [0.2, 0.25) is 0 Å². The van der Waals surface area contributed by atoms with Crippen molar-refractivity contribution >= 4 is 34.6 Å². The maximum Gasteiger partial charge on any atom is 0.279 e. The van der Waals surface area contributed by atoms with E-state index in [0.29, 0.717) is 28.6 Å². The van der Waals surface area contributed by atoms with Crippen molar-refractivity contribution in [1.82, 2.24) is 34.7 Å². The molecular formula is C21H22N8OS2.